The van der Waals surface area contributed by atoms with E-state index in [1.165, 1.54) is 96.3 Å². The molecule has 0 aromatic carbocycles. The largest absolute Gasteiger partial charge is 0.394 e. The number of aliphatic hydroxyl groups excluding tert-OH is 11. The Labute approximate surface area is 417 Å². The van der Waals surface area contributed by atoms with Crippen molar-refractivity contribution in [3.8, 4) is 0 Å². The van der Waals surface area contributed by atoms with Crippen LogP contribution in [0.5, 0.6) is 0 Å². The van der Waals surface area contributed by atoms with E-state index in [0.29, 0.717) is 12.8 Å². The van der Waals surface area contributed by atoms with Crippen LogP contribution in [0.3, 0.4) is 0 Å². The first-order chi connectivity index (χ1) is 33.8. The summed E-state index contributed by atoms with van der Waals surface area (Å²) in [5.74, 6) is -0.246. The summed E-state index contributed by atoms with van der Waals surface area (Å²) >= 11 is 0. The smallest absolute Gasteiger partial charge is 0.220 e. The maximum Gasteiger partial charge on any atom is 0.220 e. The zero-order chi connectivity index (χ0) is 51.3. The van der Waals surface area contributed by atoms with Crippen LogP contribution in [0.4, 0.5) is 0 Å². The van der Waals surface area contributed by atoms with Crippen molar-refractivity contribution in [2.75, 3.05) is 26.4 Å². The molecule has 1 amide bonds. The molecule has 19 heteroatoms. The topological polar surface area (TPSA) is 307 Å². The van der Waals surface area contributed by atoms with Gasteiger partial charge in [-0.2, -0.15) is 0 Å². The van der Waals surface area contributed by atoms with Gasteiger partial charge < -0.3 is 89.9 Å². The highest BCUT2D eigenvalue weighted by molar-refractivity contribution is 5.76. The minimum Gasteiger partial charge on any atom is -0.394 e. The summed E-state index contributed by atoms with van der Waals surface area (Å²) in [6, 6.07) is -0.876. The van der Waals surface area contributed by atoms with Gasteiger partial charge in [-0.25, -0.2) is 0 Å². The number of aliphatic hydroxyl groups is 11. The molecule has 414 valence electrons. The summed E-state index contributed by atoms with van der Waals surface area (Å²) in [5.41, 5.74) is 0. The van der Waals surface area contributed by atoms with Gasteiger partial charge in [0.15, 0.2) is 18.9 Å². The van der Waals surface area contributed by atoms with Crippen molar-refractivity contribution in [1.82, 2.24) is 5.32 Å². The summed E-state index contributed by atoms with van der Waals surface area (Å²) in [7, 11) is 0. The number of ether oxygens (including phenoxy) is 6. The van der Waals surface area contributed by atoms with Crippen molar-refractivity contribution in [3.63, 3.8) is 0 Å². The molecule has 0 bridgehead atoms. The van der Waals surface area contributed by atoms with Crippen LogP contribution in [0.25, 0.3) is 0 Å². The summed E-state index contributed by atoms with van der Waals surface area (Å²) in [5, 5.41) is 119. The molecule has 17 atom stereocenters. The number of carbonyl (C=O) groups is 1. The standard InChI is InChI=1S/C51H97NO18/c1-3-5-7-9-11-12-13-14-15-16-17-18-19-20-21-22-23-25-27-29-39(57)52-34(35(56)28-26-24-10-8-6-4-2)33-65-49-45(63)42(60)47(37(31-54)67-49)70-51-46(64)43(61)48(38(32-55)68-51)69-50-44(62)41(59)40(58)36(30-53)66-50/h34-38,40-51,53-56,58-64H,3-33H2,1-2H3,(H,52,57). The molecule has 3 saturated heterocycles. The van der Waals surface area contributed by atoms with E-state index >= 15 is 0 Å². The number of hydrogen-bond acceptors (Lipinski definition) is 18. The van der Waals surface area contributed by atoms with Crippen molar-refractivity contribution in [2.24, 2.45) is 0 Å². The van der Waals surface area contributed by atoms with Crippen LogP contribution in [-0.4, -0.2) is 193 Å². The summed E-state index contributed by atoms with van der Waals surface area (Å²) < 4.78 is 34.1. The molecule has 3 aliphatic heterocycles. The van der Waals surface area contributed by atoms with Crippen molar-refractivity contribution < 1.29 is 89.4 Å². The van der Waals surface area contributed by atoms with Gasteiger partial charge in [0.05, 0.1) is 38.6 Å². The van der Waals surface area contributed by atoms with Crippen LogP contribution in [-0.2, 0) is 33.2 Å². The van der Waals surface area contributed by atoms with Gasteiger partial charge in [-0.3, -0.25) is 4.79 Å². The lowest BCUT2D eigenvalue weighted by atomic mass is 9.96. The van der Waals surface area contributed by atoms with E-state index in [2.05, 4.69) is 19.2 Å². The van der Waals surface area contributed by atoms with Crippen molar-refractivity contribution in [2.45, 2.75) is 291 Å². The van der Waals surface area contributed by atoms with Gasteiger partial charge in [-0.15, -0.1) is 0 Å². The molecule has 0 spiro atoms. The third-order valence-corrected chi connectivity index (χ3v) is 14.2. The van der Waals surface area contributed by atoms with Crippen LogP contribution in [0.15, 0.2) is 0 Å². The normalized spacial score (nSPS) is 32.5. The lowest BCUT2D eigenvalue weighted by Crippen LogP contribution is -2.66. The zero-order valence-electron chi connectivity index (χ0n) is 42.5. The Hall–Kier alpha value is -1.21. The fourth-order valence-electron chi connectivity index (χ4n) is 9.61. The van der Waals surface area contributed by atoms with E-state index in [1.807, 2.05) is 0 Å². The number of hydrogen-bond donors (Lipinski definition) is 12. The molecule has 17 unspecified atom stereocenters. The van der Waals surface area contributed by atoms with E-state index in [0.717, 1.165) is 57.8 Å². The molecule has 0 saturated carbocycles. The molecule has 3 aliphatic rings. The average molecular weight is 1010 g/mol. The van der Waals surface area contributed by atoms with Gasteiger partial charge in [0.1, 0.15) is 73.2 Å². The predicted octanol–water partition coefficient (Wildman–Crippen LogP) is 2.87. The van der Waals surface area contributed by atoms with Crippen molar-refractivity contribution in [1.29, 1.82) is 0 Å². The van der Waals surface area contributed by atoms with Crippen molar-refractivity contribution >= 4 is 5.91 Å². The minimum absolute atomic E-state index is 0.246. The molecule has 0 aromatic heterocycles. The molecule has 19 nitrogen and oxygen atoms in total. The molecular formula is C51H97NO18. The first-order valence-corrected chi connectivity index (χ1v) is 27.3. The first-order valence-electron chi connectivity index (χ1n) is 27.3. The highest BCUT2D eigenvalue weighted by Gasteiger charge is 2.53. The zero-order valence-corrected chi connectivity index (χ0v) is 42.5. The van der Waals surface area contributed by atoms with E-state index < -0.39 is 124 Å². The number of unbranched alkanes of at least 4 members (excludes halogenated alkanes) is 23. The maximum absolute atomic E-state index is 13.2. The first kappa shape index (κ1) is 63.1. The lowest BCUT2D eigenvalue weighted by Gasteiger charge is -2.48. The Morgan fingerprint density at radius 1 is 0.457 bits per heavy atom. The summed E-state index contributed by atoms with van der Waals surface area (Å²) in [4.78, 5) is 13.2. The Morgan fingerprint density at radius 3 is 1.24 bits per heavy atom. The van der Waals surface area contributed by atoms with Crippen LogP contribution >= 0.6 is 0 Å². The summed E-state index contributed by atoms with van der Waals surface area (Å²) in [6.07, 6.45) is 4.00. The highest BCUT2D eigenvalue weighted by Crippen LogP contribution is 2.33. The van der Waals surface area contributed by atoms with Gasteiger partial charge >= 0.3 is 0 Å². The maximum atomic E-state index is 13.2. The number of nitrogens with one attached hydrogen (secondary N) is 1. The highest BCUT2D eigenvalue weighted by atomic mass is 16.8. The van der Waals surface area contributed by atoms with Crippen molar-refractivity contribution in [3.05, 3.63) is 0 Å². The second-order valence-electron chi connectivity index (χ2n) is 20.1. The van der Waals surface area contributed by atoms with Gasteiger partial charge in [-0.1, -0.05) is 168 Å². The molecule has 0 aromatic rings. The van der Waals surface area contributed by atoms with Gasteiger partial charge in [0.2, 0.25) is 5.91 Å². The molecule has 12 N–H and O–H groups in total. The third kappa shape index (κ3) is 21.9. The second kappa shape index (κ2) is 36.7. The van der Waals surface area contributed by atoms with E-state index in [1.54, 1.807) is 0 Å². The molecular weight excluding hydrogens is 915 g/mol. The fourth-order valence-corrected chi connectivity index (χ4v) is 9.61. The Balaban J connectivity index is 1.45. The number of rotatable bonds is 39. The van der Waals surface area contributed by atoms with Gasteiger partial charge in [0, 0.05) is 6.42 Å². The molecule has 70 heavy (non-hydrogen) atoms. The molecule has 0 aliphatic carbocycles. The average Bonchev–Trinajstić information content (AvgIpc) is 3.35. The van der Waals surface area contributed by atoms with Crippen LogP contribution in [0, 0.1) is 0 Å². The second-order valence-corrected chi connectivity index (χ2v) is 20.1. The third-order valence-electron chi connectivity index (χ3n) is 14.2. The molecule has 3 heterocycles. The Bertz CT molecular complexity index is 1300. The van der Waals surface area contributed by atoms with E-state index in [9.17, 15) is 61.0 Å². The van der Waals surface area contributed by atoms with Crippen LogP contribution < -0.4 is 5.32 Å². The molecule has 0 radical (unpaired) electrons. The quantitative estimate of drug-likeness (QED) is 0.0394. The SMILES string of the molecule is CCCCCCCCCCCCCCCCCCCCCC(=O)NC(COC1OC(CO)C(OC2OC(CO)C(OC3OC(CO)C(O)C(O)C3O)C(O)C2O)C(O)C1O)C(O)CCCCCCCC. The number of amides is 1. The van der Waals surface area contributed by atoms with Crippen LogP contribution in [0.2, 0.25) is 0 Å². The summed E-state index contributed by atoms with van der Waals surface area (Å²) in [6.45, 7) is 1.70. The van der Waals surface area contributed by atoms with E-state index in [-0.39, 0.29) is 18.9 Å². The van der Waals surface area contributed by atoms with E-state index in [4.69, 9.17) is 28.4 Å². The predicted molar refractivity (Wildman–Crippen MR) is 259 cm³/mol. The monoisotopic (exact) mass is 1010 g/mol. The van der Waals surface area contributed by atoms with Crippen LogP contribution in [0.1, 0.15) is 187 Å². The molecule has 3 fully saturated rings. The number of carbonyl (C=O) groups excluding carboxylic acids is 1. The minimum atomic E-state index is -1.97. The molecule has 3 rings (SSSR count). The fraction of sp³-hybridized carbons (Fsp3) is 0.980. The van der Waals surface area contributed by atoms with Gasteiger partial charge in [-0.05, 0) is 12.8 Å². The Kier molecular flexibility index (Phi) is 33.1. The van der Waals surface area contributed by atoms with Gasteiger partial charge in [0.25, 0.3) is 0 Å². The lowest BCUT2D eigenvalue weighted by molar-refractivity contribution is -0.379. The Morgan fingerprint density at radius 2 is 0.814 bits per heavy atom.